The summed E-state index contributed by atoms with van der Waals surface area (Å²) in [5, 5.41) is 12.9. The fraction of sp³-hybridized carbons (Fsp3) is 0.824. The Morgan fingerprint density at radius 3 is 2.71 bits per heavy atom. The van der Waals surface area contributed by atoms with Crippen molar-refractivity contribution in [1.29, 1.82) is 0 Å². The van der Waals surface area contributed by atoms with Crippen LogP contribution < -0.4 is 5.32 Å². The standard InChI is InChI=1S/C17H28N4O2S/c1-17(2,3)15-19-20-16(24-15)18-14(22)13-5-4-8-21(13)11-12-6-9-23-10-7-12/h12-13H,4-11H2,1-3H3,(H,18,20,22)/t13-/m0/s1. The van der Waals surface area contributed by atoms with Crippen LogP contribution in [0.2, 0.25) is 0 Å². The van der Waals surface area contributed by atoms with Gasteiger partial charge in [0.1, 0.15) is 5.01 Å². The highest BCUT2D eigenvalue weighted by Gasteiger charge is 2.33. The van der Waals surface area contributed by atoms with Gasteiger partial charge in [-0.3, -0.25) is 15.0 Å². The Bertz CT molecular complexity index is 563. The molecule has 2 aliphatic rings. The summed E-state index contributed by atoms with van der Waals surface area (Å²) in [6.45, 7) is 10.0. The van der Waals surface area contributed by atoms with Crippen molar-refractivity contribution in [1.82, 2.24) is 15.1 Å². The molecule has 2 fully saturated rings. The van der Waals surface area contributed by atoms with E-state index >= 15 is 0 Å². The second kappa shape index (κ2) is 7.45. The van der Waals surface area contributed by atoms with Gasteiger partial charge in [-0.05, 0) is 38.1 Å². The van der Waals surface area contributed by atoms with E-state index < -0.39 is 0 Å². The topological polar surface area (TPSA) is 67.4 Å². The average Bonchev–Trinajstić information content (AvgIpc) is 3.17. The second-order valence-electron chi connectivity index (χ2n) is 7.86. The lowest BCUT2D eigenvalue weighted by atomic mass is 9.98. The van der Waals surface area contributed by atoms with Crippen LogP contribution >= 0.6 is 11.3 Å². The van der Waals surface area contributed by atoms with Gasteiger partial charge in [-0.1, -0.05) is 32.1 Å². The highest BCUT2D eigenvalue weighted by molar-refractivity contribution is 7.15. The Kier molecular flexibility index (Phi) is 5.52. The van der Waals surface area contributed by atoms with Crippen molar-refractivity contribution in [2.45, 2.75) is 57.9 Å². The third-order valence-corrected chi connectivity index (χ3v) is 6.06. The maximum absolute atomic E-state index is 12.7. The summed E-state index contributed by atoms with van der Waals surface area (Å²) in [5.41, 5.74) is -0.0386. The smallest absolute Gasteiger partial charge is 0.243 e. The van der Waals surface area contributed by atoms with Crippen LogP contribution in [-0.4, -0.2) is 53.3 Å². The molecule has 0 aliphatic carbocycles. The number of hydrogen-bond donors (Lipinski definition) is 1. The van der Waals surface area contributed by atoms with E-state index in [1.54, 1.807) is 0 Å². The van der Waals surface area contributed by atoms with Gasteiger partial charge in [0.15, 0.2) is 0 Å². The first-order chi connectivity index (χ1) is 11.4. The van der Waals surface area contributed by atoms with Crippen LogP contribution in [0, 0.1) is 5.92 Å². The van der Waals surface area contributed by atoms with Crippen LogP contribution in [0.5, 0.6) is 0 Å². The molecule has 134 valence electrons. The van der Waals surface area contributed by atoms with Crippen LogP contribution in [0.3, 0.4) is 0 Å². The van der Waals surface area contributed by atoms with Crippen molar-refractivity contribution in [3.05, 3.63) is 5.01 Å². The van der Waals surface area contributed by atoms with Crippen LogP contribution in [-0.2, 0) is 14.9 Å². The Hall–Kier alpha value is -1.05. The molecular formula is C17H28N4O2S. The molecule has 3 rings (SSSR count). The van der Waals surface area contributed by atoms with Crippen molar-refractivity contribution in [2.24, 2.45) is 5.92 Å². The molecule has 1 aromatic rings. The molecule has 0 aromatic carbocycles. The minimum absolute atomic E-state index is 0.0326. The Labute approximate surface area is 148 Å². The van der Waals surface area contributed by atoms with Gasteiger partial charge in [-0.15, -0.1) is 10.2 Å². The number of carbonyl (C=O) groups is 1. The van der Waals surface area contributed by atoms with E-state index in [1.807, 2.05) is 0 Å². The molecule has 0 saturated carbocycles. The van der Waals surface area contributed by atoms with Crippen molar-refractivity contribution in [3.63, 3.8) is 0 Å². The van der Waals surface area contributed by atoms with Crippen LogP contribution in [0.25, 0.3) is 0 Å². The number of hydrogen-bond acceptors (Lipinski definition) is 6. The van der Waals surface area contributed by atoms with E-state index in [1.165, 1.54) is 11.3 Å². The lowest BCUT2D eigenvalue weighted by Crippen LogP contribution is -2.42. The fourth-order valence-corrected chi connectivity index (χ4v) is 4.17. The lowest BCUT2D eigenvalue weighted by Gasteiger charge is -2.30. The highest BCUT2D eigenvalue weighted by atomic mass is 32.1. The predicted molar refractivity (Wildman–Crippen MR) is 95.4 cm³/mol. The predicted octanol–water partition coefficient (Wildman–Crippen LogP) is 2.67. The molecule has 3 heterocycles. The van der Waals surface area contributed by atoms with Crippen LogP contribution in [0.15, 0.2) is 0 Å². The Balaban J connectivity index is 1.58. The summed E-state index contributed by atoms with van der Waals surface area (Å²) in [6, 6.07) is -0.0326. The van der Waals surface area contributed by atoms with Gasteiger partial charge in [-0.25, -0.2) is 0 Å². The molecule has 1 aromatic heterocycles. The third kappa shape index (κ3) is 4.32. The zero-order valence-electron chi connectivity index (χ0n) is 14.9. The molecule has 0 spiro atoms. The molecule has 0 radical (unpaired) electrons. The molecule has 7 heteroatoms. The molecule has 6 nitrogen and oxygen atoms in total. The van der Waals surface area contributed by atoms with Crippen molar-refractivity contribution in [2.75, 3.05) is 31.6 Å². The summed E-state index contributed by atoms with van der Waals surface area (Å²) in [6.07, 6.45) is 4.23. The van der Waals surface area contributed by atoms with E-state index in [0.717, 1.165) is 57.0 Å². The van der Waals surface area contributed by atoms with E-state index in [2.05, 4.69) is 41.2 Å². The second-order valence-corrected chi connectivity index (χ2v) is 8.84. The molecule has 0 bridgehead atoms. The summed E-state index contributed by atoms with van der Waals surface area (Å²) in [5.74, 6) is 0.720. The number of amides is 1. The quantitative estimate of drug-likeness (QED) is 0.902. The molecule has 24 heavy (non-hydrogen) atoms. The molecule has 2 aliphatic heterocycles. The van der Waals surface area contributed by atoms with Gasteiger partial charge in [-0.2, -0.15) is 0 Å². The van der Waals surface area contributed by atoms with Crippen LogP contribution in [0.4, 0.5) is 5.13 Å². The van der Waals surface area contributed by atoms with Crippen molar-refractivity contribution < 1.29 is 9.53 Å². The van der Waals surface area contributed by atoms with Crippen molar-refractivity contribution in [3.8, 4) is 0 Å². The summed E-state index contributed by atoms with van der Waals surface area (Å²) in [4.78, 5) is 15.0. The van der Waals surface area contributed by atoms with Gasteiger partial charge in [0.05, 0.1) is 6.04 Å². The zero-order valence-corrected chi connectivity index (χ0v) is 15.7. The van der Waals surface area contributed by atoms with Crippen molar-refractivity contribution >= 4 is 22.4 Å². The van der Waals surface area contributed by atoms with Gasteiger partial charge >= 0.3 is 0 Å². The number of anilines is 1. The number of ether oxygens (including phenoxy) is 1. The molecule has 0 unspecified atom stereocenters. The molecule has 1 N–H and O–H groups in total. The number of nitrogens with one attached hydrogen (secondary N) is 1. The molecular weight excluding hydrogens is 324 g/mol. The average molecular weight is 353 g/mol. The third-order valence-electron chi connectivity index (χ3n) is 4.80. The zero-order chi connectivity index (χ0) is 17.2. The van der Waals surface area contributed by atoms with Gasteiger partial charge in [0, 0.05) is 25.2 Å². The largest absolute Gasteiger partial charge is 0.381 e. The monoisotopic (exact) mass is 352 g/mol. The van der Waals surface area contributed by atoms with Crippen LogP contribution in [0.1, 0.15) is 51.5 Å². The number of nitrogens with zero attached hydrogens (tertiary/aromatic N) is 3. The first-order valence-corrected chi connectivity index (χ1v) is 9.72. The summed E-state index contributed by atoms with van der Waals surface area (Å²) >= 11 is 1.47. The minimum atomic E-state index is -0.0386. The SMILES string of the molecule is CC(C)(C)c1nnc(NC(=O)[C@@H]2CCCN2CC2CCOCC2)s1. The van der Waals surface area contributed by atoms with E-state index in [-0.39, 0.29) is 17.4 Å². The highest BCUT2D eigenvalue weighted by Crippen LogP contribution is 2.29. The van der Waals surface area contributed by atoms with Gasteiger partial charge < -0.3 is 4.74 Å². The fourth-order valence-electron chi connectivity index (χ4n) is 3.37. The maximum atomic E-state index is 12.7. The normalized spacial score (nSPS) is 23.5. The molecule has 1 amide bonds. The Morgan fingerprint density at radius 1 is 1.29 bits per heavy atom. The molecule has 2 saturated heterocycles. The number of carbonyl (C=O) groups excluding carboxylic acids is 1. The number of rotatable bonds is 4. The summed E-state index contributed by atoms with van der Waals surface area (Å²) in [7, 11) is 0. The van der Waals surface area contributed by atoms with E-state index in [9.17, 15) is 4.79 Å². The first kappa shape index (κ1) is 17.8. The minimum Gasteiger partial charge on any atom is -0.381 e. The van der Waals surface area contributed by atoms with E-state index in [0.29, 0.717) is 11.0 Å². The number of likely N-dealkylation sites (tertiary alicyclic amines) is 1. The molecule has 1 atom stereocenters. The number of aromatic nitrogens is 2. The van der Waals surface area contributed by atoms with Gasteiger partial charge in [0.2, 0.25) is 11.0 Å². The first-order valence-electron chi connectivity index (χ1n) is 8.90. The van der Waals surface area contributed by atoms with Gasteiger partial charge in [0.25, 0.3) is 0 Å². The summed E-state index contributed by atoms with van der Waals surface area (Å²) < 4.78 is 5.44. The van der Waals surface area contributed by atoms with E-state index in [4.69, 9.17) is 4.74 Å². The lowest BCUT2D eigenvalue weighted by molar-refractivity contribution is -0.120. The Morgan fingerprint density at radius 2 is 2.04 bits per heavy atom. The maximum Gasteiger partial charge on any atom is 0.243 e.